The van der Waals surface area contributed by atoms with Crippen LogP contribution < -0.4 is 5.32 Å². The zero-order chi connectivity index (χ0) is 15.5. The molecule has 0 saturated carbocycles. The number of halogens is 4. The zero-order valence-corrected chi connectivity index (χ0v) is 12.9. The van der Waals surface area contributed by atoms with Gasteiger partial charge in [0, 0.05) is 23.9 Å². The van der Waals surface area contributed by atoms with E-state index in [2.05, 4.69) is 12.2 Å². The van der Waals surface area contributed by atoms with Crippen molar-refractivity contribution >= 4 is 11.6 Å². The molecule has 0 bridgehead atoms. The molecular formula is C16H21ClF3N. The molecule has 1 aliphatic heterocycles. The second kappa shape index (κ2) is 6.57. The van der Waals surface area contributed by atoms with E-state index in [9.17, 15) is 13.2 Å². The first-order valence-electron chi connectivity index (χ1n) is 7.33. The van der Waals surface area contributed by atoms with Gasteiger partial charge in [0.2, 0.25) is 0 Å². The molecule has 0 radical (unpaired) electrons. The molecule has 0 amide bonds. The molecule has 1 saturated heterocycles. The second-order valence-corrected chi connectivity index (χ2v) is 6.62. The van der Waals surface area contributed by atoms with Crippen molar-refractivity contribution in [1.29, 1.82) is 0 Å². The Hall–Kier alpha value is -0.740. The fraction of sp³-hybridized carbons (Fsp3) is 0.625. The van der Waals surface area contributed by atoms with Gasteiger partial charge in [0.1, 0.15) is 0 Å². The van der Waals surface area contributed by atoms with Gasteiger partial charge < -0.3 is 5.32 Å². The third kappa shape index (κ3) is 4.62. The Morgan fingerprint density at radius 3 is 2.81 bits per heavy atom. The van der Waals surface area contributed by atoms with Crippen molar-refractivity contribution in [2.24, 2.45) is 5.41 Å². The fourth-order valence-corrected chi connectivity index (χ4v) is 3.48. The molecule has 21 heavy (non-hydrogen) atoms. The summed E-state index contributed by atoms with van der Waals surface area (Å²) < 4.78 is 37.1. The Labute approximate surface area is 128 Å². The van der Waals surface area contributed by atoms with Gasteiger partial charge in [-0.25, -0.2) is 0 Å². The fourth-order valence-electron chi connectivity index (χ4n) is 3.28. The molecule has 2 unspecified atom stereocenters. The molecule has 1 fully saturated rings. The highest BCUT2D eigenvalue weighted by Gasteiger charge is 2.38. The molecule has 5 heteroatoms. The van der Waals surface area contributed by atoms with E-state index in [4.69, 9.17) is 11.6 Å². The first-order chi connectivity index (χ1) is 9.80. The summed E-state index contributed by atoms with van der Waals surface area (Å²) in [5, 5.41) is 4.03. The van der Waals surface area contributed by atoms with Crippen molar-refractivity contribution in [2.75, 3.05) is 13.1 Å². The summed E-state index contributed by atoms with van der Waals surface area (Å²) in [6, 6.07) is 7.68. The number of piperidine rings is 1. The number of alkyl halides is 3. The molecule has 2 atom stereocenters. The normalized spacial score (nSPS) is 26.8. The Kier molecular flexibility index (Phi) is 5.20. The molecule has 0 aliphatic carbocycles. The molecule has 1 aromatic rings. The maximum atomic E-state index is 12.4. The third-order valence-electron chi connectivity index (χ3n) is 4.52. The van der Waals surface area contributed by atoms with E-state index in [0.717, 1.165) is 25.1 Å². The van der Waals surface area contributed by atoms with Crippen LogP contribution in [0.5, 0.6) is 0 Å². The highest BCUT2D eigenvalue weighted by molar-refractivity contribution is 6.30. The molecular weight excluding hydrogens is 299 g/mol. The summed E-state index contributed by atoms with van der Waals surface area (Å²) in [6.07, 6.45) is -3.09. The quantitative estimate of drug-likeness (QED) is 0.808. The van der Waals surface area contributed by atoms with E-state index in [0.29, 0.717) is 11.4 Å². The van der Waals surface area contributed by atoms with Crippen molar-refractivity contribution in [3.05, 3.63) is 34.9 Å². The van der Waals surface area contributed by atoms with Crippen LogP contribution in [-0.2, 0) is 0 Å². The van der Waals surface area contributed by atoms with Crippen molar-refractivity contribution < 1.29 is 13.2 Å². The van der Waals surface area contributed by atoms with Crippen LogP contribution in [-0.4, -0.2) is 19.3 Å². The molecule has 1 N–H and O–H groups in total. The lowest BCUT2D eigenvalue weighted by atomic mass is 9.66. The van der Waals surface area contributed by atoms with E-state index < -0.39 is 12.6 Å². The van der Waals surface area contributed by atoms with Gasteiger partial charge in [0.15, 0.2) is 0 Å². The predicted molar refractivity (Wildman–Crippen MR) is 79.7 cm³/mol. The zero-order valence-electron chi connectivity index (χ0n) is 12.1. The van der Waals surface area contributed by atoms with Crippen molar-refractivity contribution in [3.63, 3.8) is 0 Å². The van der Waals surface area contributed by atoms with Crippen LogP contribution in [0.15, 0.2) is 24.3 Å². The second-order valence-electron chi connectivity index (χ2n) is 6.18. The smallest absolute Gasteiger partial charge is 0.316 e. The lowest BCUT2D eigenvalue weighted by Gasteiger charge is -2.42. The van der Waals surface area contributed by atoms with Crippen LogP contribution in [0.1, 0.15) is 44.1 Å². The van der Waals surface area contributed by atoms with Gasteiger partial charge in [-0.2, -0.15) is 13.2 Å². The third-order valence-corrected chi connectivity index (χ3v) is 4.76. The van der Waals surface area contributed by atoms with Gasteiger partial charge in [-0.15, -0.1) is 0 Å². The van der Waals surface area contributed by atoms with Crippen molar-refractivity contribution in [1.82, 2.24) is 5.32 Å². The van der Waals surface area contributed by atoms with Crippen LogP contribution in [0.3, 0.4) is 0 Å². The molecule has 1 nitrogen and oxygen atoms in total. The van der Waals surface area contributed by atoms with E-state index in [1.807, 2.05) is 24.3 Å². The van der Waals surface area contributed by atoms with Gasteiger partial charge in [-0.3, -0.25) is 0 Å². The Morgan fingerprint density at radius 1 is 1.38 bits per heavy atom. The number of hydrogen-bond acceptors (Lipinski definition) is 1. The minimum atomic E-state index is -4.06. The average Bonchev–Trinajstić information content (AvgIpc) is 2.37. The molecule has 1 aliphatic rings. The average molecular weight is 320 g/mol. The minimum Gasteiger partial charge on any atom is -0.316 e. The molecule has 118 valence electrons. The number of benzene rings is 1. The van der Waals surface area contributed by atoms with Gasteiger partial charge in [0.05, 0.1) is 0 Å². The van der Waals surface area contributed by atoms with E-state index >= 15 is 0 Å². The first-order valence-corrected chi connectivity index (χ1v) is 7.71. The van der Waals surface area contributed by atoms with E-state index in [1.54, 1.807) is 0 Å². The van der Waals surface area contributed by atoms with Gasteiger partial charge in [-0.1, -0.05) is 30.7 Å². The summed E-state index contributed by atoms with van der Waals surface area (Å²) in [7, 11) is 0. The number of hydrogen-bond donors (Lipinski definition) is 1. The molecule has 0 aromatic heterocycles. The van der Waals surface area contributed by atoms with Crippen LogP contribution in [0, 0.1) is 5.41 Å². The lowest BCUT2D eigenvalue weighted by Crippen LogP contribution is -2.42. The maximum Gasteiger partial charge on any atom is 0.389 e. The summed E-state index contributed by atoms with van der Waals surface area (Å²) in [4.78, 5) is 0. The molecule has 0 spiro atoms. The number of rotatable bonds is 4. The number of nitrogens with one attached hydrogen (secondary N) is 1. The summed E-state index contributed by atoms with van der Waals surface area (Å²) in [5.41, 5.74) is 1.01. The Morgan fingerprint density at radius 2 is 2.14 bits per heavy atom. The van der Waals surface area contributed by atoms with Crippen LogP contribution in [0.25, 0.3) is 0 Å². The topological polar surface area (TPSA) is 12.0 Å². The monoisotopic (exact) mass is 319 g/mol. The van der Waals surface area contributed by atoms with Crippen LogP contribution in [0.4, 0.5) is 13.2 Å². The standard InChI is InChI=1S/C16H21ClF3N/c1-15(6-3-7-16(18,19)20)8-9-21-11-14(15)12-4-2-5-13(17)10-12/h2,4-5,10,14,21H,3,6-9,11H2,1H3. The highest BCUT2D eigenvalue weighted by Crippen LogP contribution is 2.45. The van der Waals surface area contributed by atoms with Crippen LogP contribution >= 0.6 is 11.6 Å². The van der Waals surface area contributed by atoms with Gasteiger partial charge in [-0.05, 0) is 48.9 Å². The first kappa shape index (κ1) is 16.6. The summed E-state index contributed by atoms with van der Waals surface area (Å²) in [5.74, 6) is 0.207. The van der Waals surface area contributed by atoms with E-state index in [-0.39, 0.29) is 17.8 Å². The maximum absolute atomic E-state index is 12.4. The highest BCUT2D eigenvalue weighted by atomic mass is 35.5. The molecule has 1 aromatic carbocycles. The Bertz CT molecular complexity index is 475. The summed E-state index contributed by atoms with van der Waals surface area (Å²) in [6.45, 7) is 3.76. The van der Waals surface area contributed by atoms with Crippen LogP contribution in [0.2, 0.25) is 5.02 Å². The van der Waals surface area contributed by atoms with Gasteiger partial charge >= 0.3 is 6.18 Å². The largest absolute Gasteiger partial charge is 0.389 e. The van der Waals surface area contributed by atoms with E-state index in [1.165, 1.54) is 0 Å². The molecule has 2 rings (SSSR count). The SMILES string of the molecule is CC1(CCCC(F)(F)F)CCNCC1c1cccc(Cl)c1. The molecule has 1 heterocycles. The van der Waals surface area contributed by atoms with Crippen molar-refractivity contribution in [2.45, 2.75) is 44.7 Å². The lowest BCUT2D eigenvalue weighted by molar-refractivity contribution is -0.137. The summed E-state index contributed by atoms with van der Waals surface area (Å²) >= 11 is 6.05. The van der Waals surface area contributed by atoms with Crippen molar-refractivity contribution in [3.8, 4) is 0 Å². The predicted octanol–water partition coefficient (Wildman–Crippen LogP) is 5.16. The van der Waals surface area contributed by atoms with Gasteiger partial charge in [0.25, 0.3) is 0 Å². The minimum absolute atomic E-state index is 0.110. The Balaban J connectivity index is 2.10.